The second-order valence-electron chi connectivity index (χ2n) is 10.9. The van der Waals surface area contributed by atoms with E-state index in [2.05, 4.69) is 10.6 Å². The molecule has 0 aliphatic rings. The Hall–Kier alpha value is -5.80. The minimum atomic E-state index is -0.541. The summed E-state index contributed by atoms with van der Waals surface area (Å²) in [6.45, 7) is 1.88. The van der Waals surface area contributed by atoms with E-state index in [0.29, 0.717) is 28.3 Å². The van der Waals surface area contributed by atoms with Gasteiger partial charge in [-0.15, -0.1) is 11.8 Å². The number of benzene rings is 5. The number of ether oxygens (including phenoxy) is 2. The van der Waals surface area contributed by atoms with Crippen LogP contribution in [0.1, 0.15) is 27.6 Å². The second kappa shape index (κ2) is 14.3. The largest absolute Gasteiger partial charge is 0.493 e. The number of nitrogens with one attached hydrogen (secondary N) is 2. The van der Waals surface area contributed by atoms with Crippen molar-refractivity contribution in [1.82, 2.24) is 9.88 Å². The van der Waals surface area contributed by atoms with E-state index >= 15 is 0 Å². The molecule has 48 heavy (non-hydrogen) atoms. The second-order valence-corrected chi connectivity index (χ2v) is 12.3. The summed E-state index contributed by atoms with van der Waals surface area (Å²) in [6, 6.07) is 37.0. The lowest BCUT2D eigenvalue weighted by molar-refractivity contribution is -0.113. The zero-order valence-electron chi connectivity index (χ0n) is 26.6. The molecule has 2 N–H and O–H groups in total. The molecule has 1 atom stereocenters. The van der Waals surface area contributed by atoms with Crippen LogP contribution in [0.25, 0.3) is 27.9 Å². The van der Waals surface area contributed by atoms with E-state index in [1.807, 2.05) is 73.7 Å². The number of thioether (sulfide) groups is 1. The van der Waals surface area contributed by atoms with Crippen LogP contribution < -0.4 is 20.1 Å². The predicted octanol–water partition coefficient (Wildman–Crippen LogP) is 8.04. The van der Waals surface area contributed by atoms with Gasteiger partial charge in [-0.2, -0.15) is 0 Å². The number of fused-ring (bicyclic) bond motifs is 3. The van der Waals surface area contributed by atoms with Gasteiger partial charge in [-0.1, -0.05) is 72.8 Å². The molecule has 0 saturated heterocycles. The van der Waals surface area contributed by atoms with Gasteiger partial charge in [-0.05, 0) is 61.5 Å². The SMILES string of the molecule is COc1cccc(/C=C(/NC(=O)c2ccccc2)C(=O)Nc2cccc(SC(C)C(=O)n3c4ccccc4c4ccccc43)c2)c1OC. The van der Waals surface area contributed by atoms with Gasteiger partial charge in [0, 0.05) is 32.5 Å². The normalized spacial score (nSPS) is 12.0. The Balaban J connectivity index is 1.25. The Bertz CT molecular complexity index is 2120. The Morgan fingerprint density at radius 2 is 1.40 bits per heavy atom. The van der Waals surface area contributed by atoms with Crippen LogP contribution in [0.3, 0.4) is 0 Å². The molecule has 0 aliphatic carbocycles. The molecular weight excluding hydrogens is 623 g/mol. The maximum Gasteiger partial charge on any atom is 0.272 e. The standard InChI is InChI=1S/C39H33N3O5S/c1-25(39(45)42-33-20-9-7-18-30(33)31-19-8-10-21-34(31)42)48-29-17-12-16-28(24-29)40-38(44)32(41-37(43)26-13-5-4-6-14-26)23-27-15-11-22-35(46-2)36(27)47-3/h4-25H,1-3H3,(H,40,44)(H,41,43)/b32-23+. The lowest BCUT2D eigenvalue weighted by Gasteiger charge is -2.15. The molecule has 2 amide bonds. The third-order valence-corrected chi connectivity index (χ3v) is 8.90. The van der Waals surface area contributed by atoms with Crippen molar-refractivity contribution in [3.05, 3.63) is 138 Å². The lowest BCUT2D eigenvalue weighted by Crippen LogP contribution is -2.30. The number of aromatic nitrogens is 1. The summed E-state index contributed by atoms with van der Waals surface area (Å²) in [5, 5.41) is 7.28. The molecule has 6 rings (SSSR count). The molecular formula is C39H33N3O5S. The van der Waals surface area contributed by atoms with Gasteiger partial charge in [-0.25, -0.2) is 0 Å². The first-order valence-electron chi connectivity index (χ1n) is 15.3. The summed E-state index contributed by atoms with van der Waals surface area (Å²) < 4.78 is 12.8. The van der Waals surface area contributed by atoms with Gasteiger partial charge in [0.25, 0.3) is 11.8 Å². The Labute approximate surface area is 282 Å². The Kier molecular flexibility index (Phi) is 9.59. The molecule has 6 aromatic rings. The third-order valence-electron chi connectivity index (χ3n) is 7.82. The van der Waals surface area contributed by atoms with E-state index in [4.69, 9.17) is 9.47 Å². The van der Waals surface area contributed by atoms with Crippen LogP contribution in [-0.2, 0) is 4.79 Å². The summed E-state index contributed by atoms with van der Waals surface area (Å²) >= 11 is 1.40. The molecule has 1 aromatic heterocycles. The van der Waals surface area contributed by atoms with Crippen molar-refractivity contribution in [2.45, 2.75) is 17.1 Å². The maximum absolute atomic E-state index is 13.9. The minimum Gasteiger partial charge on any atom is -0.493 e. The van der Waals surface area contributed by atoms with E-state index in [0.717, 1.165) is 26.7 Å². The molecule has 0 saturated carbocycles. The molecule has 0 aliphatic heterocycles. The van der Waals surface area contributed by atoms with Gasteiger partial charge in [0.2, 0.25) is 5.91 Å². The van der Waals surface area contributed by atoms with Crippen molar-refractivity contribution in [2.24, 2.45) is 0 Å². The smallest absolute Gasteiger partial charge is 0.272 e. The summed E-state index contributed by atoms with van der Waals surface area (Å²) in [7, 11) is 3.03. The first-order valence-corrected chi connectivity index (χ1v) is 16.2. The van der Waals surface area contributed by atoms with Gasteiger partial charge >= 0.3 is 0 Å². The number of hydrogen-bond acceptors (Lipinski definition) is 6. The van der Waals surface area contributed by atoms with Crippen molar-refractivity contribution in [3.8, 4) is 11.5 Å². The highest BCUT2D eigenvalue weighted by Gasteiger charge is 2.22. The summed E-state index contributed by atoms with van der Waals surface area (Å²) in [5.41, 5.74) is 3.16. The zero-order chi connectivity index (χ0) is 33.6. The van der Waals surface area contributed by atoms with Gasteiger partial charge in [0.1, 0.15) is 5.70 Å². The first kappa shape index (κ1) is 32.2. The maximum atomic E-state index is 13.9. The fraction of sp³-hybridized carbons (Fsp3) is 0.103. The van der Waals surface area contributed by atoms with E-state index < -0.39 is 17.1 Å². The van der Waals surface area contributed by atoms with E-state index in [9.17, 15) is 14.4 Å². The van der Waals surface area contributed by atoms with Crippen LogP contribution in [0.2, 0.25) is 0 Å². The van der Waals surface area contributed by atoms with Gasteiger partial charge < -0.3 is 20.1 Å². The molecule has 8 nitrogen and oxygen atoms in total. The molecule has 9 heteroatoms. The summed E-state index contributed by atoms with van der Waals surface area (Å²) in [4.78, 5) is 41.6. The number of anilines is 1. The van der Waals surface area contributed by atoms with Gasteiger partial charge in [0.15, 0.2) is 11.5 Å². The van der Waals surface area contributed by atoms with E-state index in [-0.39, 0.29) is 11.6 Å². The molecule has 240 valence electrons. The average Bonchev–Trinajstić information content (AvgIpc) is 3.45. The number of para-hydroxylation sites is 3. The Morgan fingerprint density at radius 3 is 2.06 bits per heavy atom. The minimum absolute atomic E-state index is 0.00312. The van der Waals surface area contributed by atoms with E-state index in [1.54, 1.807) is 65.2 Å². The number of nitrogens with zero attached hydrogens (tertiary/aromatic N) is 1. The number of methoxy groups -OCH3 is 2. The number of rotatable bonds is 10. The number of carbonyl (C=O) groups is 3. The molecule has 5 aromatic carbocycles. The van der Waals surface area contributed by atoms with Crippen LogP contribution in [0, 0.1) is 0 Å². The van der Waals surface area contributed by atoms with Crippen molar-refractivity contribution < 1.29 is 23.9 Å². The number of hydrogen-bond donors (Lipinski definition) is 2. The van der Waals surface area contributed by atoms with Crippen molar-refractivity contribution in [3.63, 3.8) is 0 Å². The van der Waals surface area contributed by atoms with Crippen molar-refractivity contribution in [2.75, 3.05) is 19.5 Å². The molecule has 1 unspecified atom stereocenters. The lowest BCUT2D eigenvalue weighted by atomic mass is 10.1. The molecule has 0 radical (unpaired) electrons. The van der Waals surface area contributed by atoms with Crippen molar-refractivity contribution >= 4 is 63.1 Å². The van der Waals surface area contributed by atoms with Crippen LogP contribution in [0.4, 0.5) is 5.69 Å². The fourth-order valence-electron chi connectivity index (χ4n) is 5.57. The molecule has 1 heterocycles. The molecule has 0 fully saturated rings. The monoisotopic (exact) mass is 655 g/mol. The summed E-state index contributed by atoms with van der Waals surface area (Å²) in [5.74, 6) is -0.136. The van der Waals surface area contributed by atoms with E-state index in [1.165, 1.54) is 26.0 Å². The number of carbonyl (C=O) groups excluding carboxylic acids is 3. The van der Waals surface area contributed by atoms with Gasteiger partial charge in [-0.3, -0.25) is 19.0 Å². The highest BCUT2D eigenvalue weighted by Crippen LogP contribution is 2.34. The molecule has 0 bridgehead atoms. The van der Waals surface area contributed by atoms with Crippen LogP contribution in [0.15, 0.2) is 132 Å². The van der Waals surface area contributed by atoms with Crippen LogP contribution in [-0.4, -0.2) is 41.8 Å². The summed E-state index contributed by atoms with van der Waals surface area (Å²) in [6.07, 6.45) is 1.54. The first-order chi connectivity index (χ1) is 23.4. The number of amides is 2. The van der Waals surface area contributed by atoms with Crippen LogP contribution >= 0.6 is 11.8 Å². The average molecular weight is 656 g/mol. The molecule has 0 spiro atoms. The quantitative estimate of drug-likeness (QED) is 0.115. The van der Waals surface area contributed by atoms with Crippen molar-refractivity contribution in [1.29, 1.82) is 0 Å². The zero-order valence-corrected chi connectivity index (χ0v) is 27.4. The predicted molar refractivity (Wildman–Crippen MR) is 192 cm³/mol. The topological polar surface area (TPSA) is 98.7 Å². The third kappa shape index (κ3) is 6.67. The fourth-order valence-corrected chi connectivity index (χ4v) is 6.53. The van der Waals surface area contributed by atoms with Crippen LogP contribution in [0.5, 0.6) is 11.5 Å². The highest BCUT2D eigenvalue weighted by molar-refractivity contribution is 8.00. The Morgan fingerprint density at radius 1 is 0.750 bits per heavy atom. The highest BCUT2D eigenvalue weighted by atomic mass is 32.2. The van der Waals surface area contributed by atoms with Gasteiger partial charge in [0.05, 0.1) is 30.5 Å².